The number of hydrogen-bond donors (Lipinski definition) is 3. The largest absolute Gasteiger partial charge is 0.495 e. The molecular weight excluding hydrogens is 516 g/mol. The second-order valence-corrected chi connectivity index (χ2v) is 9.73. The second-order valence-electron chi connectivity index (χ2n) is 8.19. The molecule has 39 heavy (non-hydrogen) atoms. The Labute approximate surface area is 227 Å². The maximum absolute atomic E-state index is 12.2. The SMILES string of the molecule is COc1cc(C(=O)NCCO)ccc1Nc1ncc(-c2ccc(C#N)c(O[C@@H](C)[Si]Cn3cncn3)c2)cn1. The van der Waals surface area contributed by atoms with Crippen molar-refractivity contribution < 1.29 is 19.4 Å². The maximum atomic E-state index is 12.2. The molecule has 0 unspecified atom stereocenters. The molecule has 0 fully saturated rings. The van der Waals surface area contributed by atoms with Gasteiger partial charge in [0.05, 0.1) is 30.7 Å². The van der Waals surface area contributed by atoms with Crippen LogP contribution < -0.4 is 20.1 Å². The first-order valence-electron chi connectivity index (χ1n) is 11.9. The highest BCUT2D eigenvalue weighted by Gasteiger charge is 2.14. The molecule has 2 radical (unpaired) electrons. The zero-order chi connectivity index (χ0) is 27.6. The first kappa shape index (κ1) is 27.2. The van der Waals surface area contributed by atoms with E-state index in [2.05, 4.69) is 36.8 Å². The molecule has 0 aliphatic heterocycles. The smallest absolute Gasteiger partial charge is 0.251 e. The number of carbonyl (C=O) groups excluding carboxylic acids is 1. The Morgan fingerprint density at radius 2 is 2.00 bits per heavy atom. The van der Waals surface area contributed by atoms with E-state index in [1.807, 2.05) is 19.1 Å². The van der Waals surface area contributed by atoms with Crippen molar-refractivity contribution in [1.82, 2.24) is 30.0 Å². The van der Waals surface area contributed by atoms with Gasteiger partial charge in [-0.25, -0.2) is 15.0 Å². The molecule has 4 rings (SSSR count). The van der Waals surface area contributed by atoms with Crippen LogP contribution in [0.4, 0.5) is 11.6 Å². The molecule has 0 aliphatic carbocycles. The molecule has 0 saturated carbocycles. The summed E-state index contributed by atoms with van der Waals surface area (Å²) >= 11 is 0. The second kappa shape index (κ2) is 13.1. The third-order valence-electron chi connectivity index (χ3n) is 5.51. The number of aliphatic hydroxyl groups is 1. The third-order valence-corrected chi connectivity index (χ3v) is 6.71. The summed E-state index contributed by atoms with van der Waals surface area (Å²) in [6.45, 7) is 1.98. The Balaban J connectivity index is 1.45. The van der Waals surface area contributed by atoms with Crippen LogP contribution in [0, 0.1) is 11.3 Å². The van der Waals surface area contributed by atoms with Gasteiger partial charge in [-0.3, -0.25) is 9.48 Å². The lowest BCUT2D eigenvalue weighted by Crippen LogP contribution is -2.26. The van der Waals surface area contributed by atoms with E-state index in [0.717, 1.165) is 11.1 Å². The van der Waals surface area contributed by atoms with Crippen molar-refractivity contribution in [2.75, 3.05) is 25.6 Å². The highest BCUT2D eigenvalue weighted by molar-refractivity contribution is 6.35. The van der Waals surface area contributed by atoms with Crippen LogP contribution in [0.15, 0.2) is 61.4 Å². The van der Waals surface area contributed by atoms with Gasteiger partial charge >= 0.3 is 0 Å². The van der Waals surface area contributed by atoms with E-state index in [-0.39, 0.29) is 24.8 Å². The number of aliphatic hydroxyl groups excluding tert-OH is 1. The molecule has 2 heterocycles. The fourth-order valence-electron chi connectivity index (χ4n) is 3.53. The Morgan fingerprint density at radius 3 is 2.69 bits per heavy atom. The molecule has 0 bridgehead atoms. The van der Waals surface area contributed by atoms with Crippen molar-refractivity contribution in [2.24, 2.45) is 0 Å². The van der Waals surface area contributed by atoms with Gasteiger partial charge in [0.25, 0.3) is 5.91 Å². The van der Waals surface area contributed by atoms with Gasteiger partial charge in [-0.05, 0) is 42.8 Å². The lowest BCUT2D eigenvalue weighted by Gasteiger charge is -2.16. The van der Waals surface area contributed by atoms with Gasteiger partial charge in [0.2, 0.25) is 5.95 Å². The molecule has 4 aromatic rings. The average Bonchev–Trinajstić information content (AvgIpc) is 3.49. The number of rotatable bonds is 12. The Bertz CT molecular complexity index is 1440. The van der Waals surface area contributed by atoms with Gasteiger partial charge in [-0.15, -0.1) is 0 Å². The van der Waals surface area contributed by atoms with E-state index in [4.69, 9.17) is 14.6 Å². The zero-order valence-corrected chi connectivity index (χ0v) is 22.3. The summed E-state index contributed by atoms with van der Waals surface area (Å²) in [5.41, 5.74) is 2.85. The van der Waals surface area contributed by atoms with Gasteiger partial charge in [0.1, 0.15) is 39.7 Å². The fourth-order valence-corrected chi connectivity index (χ4v) is 4.35. The number of hydrogen-bond acceptors (Lipinski definition) is 10. The number of nitrogens with one attached hydrogen (secondary N) is 2. The summed E-state index contributed by atoms with van der Waals surface area (Å²) < 4.78 is 13.3. The Morgan fingerprint density at radius 1 is 1.18 bits per heavy atom. The number of methoxy groups -OCH3 is 1. The number of carbonyl (C=O) groups is 1. The highest BCUT2D eigenvalue weighted by Crippen LogP contribution is 2.30. The highest BCUT2D eigenvalue weighted by atomic mass is 28.2. The molecule has 2 aromatic heterocycles. The maximum Gasteiger partial charge on any atom is 0.251 e. The van der Waals surface area contributed by atoms with Crippen molar-refractivity contribution in [3.8, 4) is 28.7 Å². The number of anilines is 2. The van der Waals surface area contributed by atoms with Gasteiger partial charge in [0.15, 0.2) is 0 Å². The summed E-state index contributed by atoms with van der Waals surface area (Å²) in [5, 5.41) is 28.2. The van der Waals surface area contributed by atoms with E-state index < -0.39 is 0 Å². The minimum Gasteiger partial charge on any atom is -0.495 e. The number of nitriles is 1. The molecule has 0 saturated heterocycles. The van der Waals surface area contributed by atoms with E-state index in [9.17, 15) is 10.1 Å². The van der Waals surface area contributed by atoms with E-state index in [1.165, 1.54) is 13.4 Å². The van der Waals surface area contributed by atoms with Gasteiger partial charge in [0, 0.05) is 36.2 Å². The standard InChI is InChI=1S/C26H26N8O4Si/c1-17(39-16-34-15-28-14-32-34)38-23-9-18(3-4-20(23)11-27)21-12-30-26(31-13-21)33-22-6-5-19(10-24(22)37-2)25(36)29-7-8-35/h3-6,9-10,12-15,17,35H,7-8,16H2,1-2H3,(H,29,36)(H,30,31,33)/t17-/m1/s1. The minimum atomic E-state index is -0.315. The van der Waals surface area contributed by atoms with Crippen molar-refractivity contribution in [1.29, 1.82) is 5.26 Å². The minimum absolute atomic E-state index is 0.124. The van der Waals surface area contributed by atoms with E-state index in [0.29, 0.717) is 49.9 Å². The molecule has 198 valence electrons. The van der Waals surface area contributed by atoms with Crippen LogP contribution in [0.3, 0.4) is 0 Å². The molecule has 0 spiro atoms. The van der Waals surface area contributed by atoms with Crippen molar-refractivity contribution in [3.63, 3.8) is 0 Å². The summed E-state index contributed by atoms with van der Waals surface area (Å²) in [4.78, 5) is 24.9. The summed E-state index contributed by atoms with van der Waals surface area (Å²) in [6.07, 6.45) is 7.16. The number of benzene rings is 2. The number of nitrogens with zero attached hydrogens (tertiary/aromatic N) is 6. The summed E-state index contributed by atoms with van der Waals surface area (Å²) in [7, 11) is 1.92. The third kappa shape index (κ3) is 7.16. The van der Waals surface area contributed by atoms with Gasteiger partial charge < -0.3 is 25.2 Å². The van der Waals surface area contributed by atoms with Crippen molar-refractivity contribution in [2.45, 2.75) is 18.8 Å². The monoisotopic (exact) mass is 542 g/mol. The average molecular weight is 543 g/mol. The summed E-state index contributed by atoms with van der Waals surface area (Å²) in [6, 6.07) is 12.4. The van der Waals surface area contributed by atoms with E-state index in [1.54, 1.807) is 47.7 Å². The van der Waals surface area contributed by atoms with Crippen LogP contribution in [0.2, 0.25) is 0 Å². The van der Waals surface area contributed by atoms with Crippen LogP contribution in [0.5, 0.6) is 11.5 Å². The van der Waals surface area contributed by atoms with Crippen LogP contribution in [0.25, 0.3) is 11.1 Å². The van der Waals surface area contributed by atoms with Crippen LogP contribution >= 0.6 is 0 Å². The summed E-state index contributed by atoms with van der Waals surface area (Å²) in [5.74, 6) is 0.948. The molecule has 3 N–H and O–H groups in total. The van der Waals surface area contributed by atoms with Crippen LogP contribution in [-0.4, -0.2) is 71.3 Å². The lowest BCUT2D eigenvalue weighted by atomic mass is 10.1. The van der Waals surface area contributed by atoms with Crippen molar-refractivity contribution in [3.05, 3.63) is 72.6 Å². The normalized spacial score (nSPS) is 11.3. The number of ether oxygens (including phenoxy) is 2. The van der Waals surface area contributed by atoms with Gasteiger partial charge in [-0.1, -0.05) is 6.07 Å². The van der Waals surface area contributed by atoms with Gasteiger partial charge in [-0.2, -0.15) is 10.4 Å². The number of amides is 1. The van der Waals surface area contributed by atoms with Crippen molar-refractivity contribution >= 4 is 27.1 Å². The Hall–Kier alpha value is -4.80. The fraction of sp³-hybridized carbons (Fsp3) is 0.231. The lowest BCUT2D eigenvalue weighted by molar-refractivity contribution is 0.0944. The molecule has 1 amide bonds. The zero-order valence-electron chi connectivity index (χ0n) is 21.3. The predicted molar refractivity (Wildman–Crippen MR) is 144 cm³/mol. The first-order chi connectivity index (χ1) is 19.0. The molecule has 12 nitrogen and oxygen atoms in total. The Kier molecular flexibility index (Phi) is 9.17. The molecule has 1 atom stereocenters. The van der Waals surface area contributed by atoms with Crippen LogP contribution in [0.1, 0.15) is 22.8 Å². The predicted octanol–water partition coefficient (Wildman–Crippen LogP) is 2.17. The number of aromatic nitrogens is 5. The quantitative estimate of drug-likeness (QED) is 0.226. The van der Waals surface area contributed by atoms with Crippen LogP contribution in [-0.2, 0) is 6.17 Å². The molecule has 2 aromatic carbocycles. The molecule has 0 aliphatic rings. The molecular formula is C26H26N8O4Si. The first-order valence-corrected chi connectivity index (χ1v) is 13.2. The topological polar surface area (TPSA) is 160 Å². The van der Waals surface area contributed by atoms with E-state index >= 15 is 0 Å². The molecule has 13 heteroatoms.